The van der Waals surface area contributed by atoms with Gasteiger partial charge in [-0.25, -0.2) is 0 Å². The lowest BCUT2D eigenvalue weighted by Gasteiger charge is -2.01. The lowest BCUT2D eigenvalue weighted by Crippen LogP contribution is -1.95. The maximum Gasteiger partial charge on any atom is 0.139 e. The van der Waals surface area contributed by atoms with Crippen LogP contribution >= 0.6 is 23.2 Å². The van der Waals surface area contributed by atoms with Crippen molar-refractivity contribution in [3.05, 3.63) is 34.4 Å². The molecule has 1 heterocycles. The maximum atomic E-state index is 10.4. The largest absolute Gasteiger partial charge is 0.340 e. The molecular formula is C10H7Cl2NO. The molecule has 0 radical (unpaired) electrons. The van der Waals surface area contributed by atoms with Gasteiger partial charge in [0.1, 0.15) is 6.29 Å². The molecule has 0 aliphatic rings. The Kier molecular flexibility index (Phi) is 2.48. The molecule has 72 valence electrons. The van der Waals surface area contributed by atoms with Crippen LogP contribution in [-0.4, -0.2) is 10.9 Å². The number of nitrogens with zero attached hydrogens (tertiary/aromatic N) is 1. The molecular weight excluding hydrogens is 221 g/mol. The average molecular weight is 228 g/mol. The first-order chi connectivity index (χ1) is 6.72. The monoisotopic (exact) mass is 227 g/mol. The van der Waals surface area contributed by atoms with Gasteiger partial charge in [-0.05, 0) is 18.2 Å². The van der Waals surface area contributed by atoms with E-state index in [4.69, 9.17) is 23.2 Å². The fourth-order valence-corrected chi connectivity index (χ4v) is 2.00. The van der Waals surface area contributed by atoms with Gasteiger partial charge < -0.3 is 9.36 Å². The summed E-state index contributed by atoms with van der Waals surface area (Å²) in [7, 11) is 0. The second-order valence-electron chi connectivity index (χ2n) is 2.96. The van der Waals surface area contributed by atoms with Gasteiger partial charge in [-0.1, -0.05) is 23.2 Å². The second kappa shape index (κ2) is 3.64. The molecule has 4 heteroatoms. The lowest BCUT2D eigenvalue weighted by atomic mass is 10.2. The van der Waals surface area contributed by atoms with Crippen molar-refractivity contribution >= 4 is 40.4 Å². The van der Waals surface area contributed by atoms with Crippen molar-refractivity contribution in [1.29, 1.82) is 0 Å². The number of aromatic nitrogens is 1. The highest BCUT2D eigenvalue weighted by Gasteiger charge is 2.05. The smallest absolute Gasteiger partial charge is 0.139 e. The minimum atomic E-state index is 0.320. The van der Waals surface area contributed by atoms with Crippen molar-refractivity contribution < 1.29 is 4.79 Å². The summed E-state index contributed by atoms with van der Waals surface area (Å²) < 4.78 is 1.81. The normalized spacial score (nSPS) is 10.7. The van der Waals surface area contributed by atoms with E-state index in [9.17, 15) is 4.79 Å². The Balaban J connectivity index is 2.71. The molecule has 0 spiro atoms. The number of carbonyl (C=O) groups is 1. The molecule has 1 aromatic carbocycles. The molecule has 0 N–H and O–H groups in total. The summed E-state index contributed by atoms with van der Waals surface area (Å²) >= 11 is 11.9. The molecule has 0 aliphatic heterocycles. The van der Waals surface area contributed by atoms with Gasteiger partial charge in [0, 0.05) is 16.6 Å². The van der Waals surface area contributed by atoms with Crippen molar-refractivity contribution in [2.75, 3.05) is 0 Å². The van der Waals surface area contributed by atoms with Gasteiger partial charge in [0.05, 0.1) is 17.1 Å². The average Bonchev–Trinajstić information content (AvgIpc) is 2.49. The number of fused-ring (bicyclic) bond motifs is 1. The first-order valence-corrected chi connectivity index (χ1v) is 4.85. The van der Waals surface area contributed by atoms with Gasteiger partial charge in [-0.15, -0.1) is 0 Å². The Morgan fingerprint density at radius 1 is 1.36 bits per heavy atom. The van der Waals surface area contributed by atoms with E-state index in [1.807, 2.05) is 12.3 Å². The zero-order valence-corrected chi connectivity index (χ0v) is 8.72. The van der Waals surface area contributed by atoms with Crippen LogP contribution in [0, 0.1) is 0 Å². The van der Waals surface area contributed by atoms with Crippen LogP contribution in [0.25, 0.3) is 10.9 Å². The summed E-state index contributed by atoms with van der Waals surface area (Å²) in [6.07, 6.45) is 2.66. The van der Waals surface area contributed by atoms with E-state index in [1.165, 1.54) is 0 Å². The number of hydrogen-bond donors (Lipinski definition) is 0. The molecule has 0 saturated carbocycles. The SMILES string of the molecule is O=CCn1ccc2c(Cl)cc(Cl)cc21. The molecule has 2 rings (SSSR count). The van der Waals surface area contributed by atoms with Crippen molar-refractivity contribution in [2.45, 2.75) is 6.54 Å². The van der Waals surface area contributed by atoms with Crippen molar-refractivity contribution in [1.82, 2.24) is 4.57 Å². The molecule has 0 saturated heterocycles. The Hall–Kier alpha value is -0.990. The molecule has 0 aliphatic carbocycles. The van der Waals surface area contributed by atoms with Crippen LogP contribution in [-0.2, 0) is 11.3 Å². The number of hydrogen-bond acceptors (Lipinski definition) is 1. The van der Waals surface area contributed by atoms with Crippen LogP contribution in [0.3, 0.4) is 0 Å². The Labute approximate surface area is 91.0 Å². The summed E-state index contributed by atoms with van der Waals surface area (Å²) in [6.45, 7) is 0.320. The van der Waals surface area contributed by atoms with E-state index in [0.29, 0.717) is 16.6 Å². The first kappa shape index (κ1) is 9.56. The summed E-state index contributed by atoms with van der Waals surface area (Å²) in [5.74, 6) is 0. The van der Waals surface area contributed by atoms with Gasteiger partial charge in [0.15, 0.2) is 0 Å². The van der Waals surface area contributed by atoms with Crippen molar-refractivity contribution in [3.63, 3.8) is 0 Å². The molecule has 1 aromatic heterocycles. The third-order valence-electron chi connectivity index (χ3n) is 2.07. The third kappa shape index (κ3) is 1.51. The van der Waals surface area contributed by atoms with Gasteiger partial charge >= 0.3 is 0 Å². The van der Waals surface area contributed by atoms with Crippen LogP contribution in [0.1, 0.15) is 0 Å². The van der Waals surface area contributed by atoms with Crippen LogP contribution in [0.15, 0.2) is 24.4 Å². The minimum Gasteiger partial charge on any atom is -0.340 e. The van der Waals surface area contributed by atoms with Crippen molar-refractivity contribution in [3.8, 4) is 0 Å². The molecule has 0 fully saturated rings. The zero-order valence-electron chi connectivity index (χ0n) is 7.21. The number of benzene rings is 1. The third-order valence-corrected chi connectivity index (χ3v) is 2.61. The van der Waals surface area contributed by atoms with E-state index >= 15 is 0 Å². The maximum absolute atomic E-state index is 10.4. The summed E-state index contributed by atoms with van der Waals surface area (Å²) in [5.41, 5.74) is 0.884. The molecule has 2 nitrogen and oxygen atoms in total. The topological polar surface area (TPSA) is 22.0 Å². The molecule has 14 heavy (non-hydrogen) atoms. The molecule has 0 amide bonds. The number of rotatable bonds is 2. The van der Waals surface area contributed by atoms with E-state index in [-0.39, 0.29) is 0 Å². The van der Waals surface area contributed by atoms with Gasteiger partial charge in [0.25, 0.3) is 0 Å². The van der Waals surface area contributed by atoms with Gasteiger partial charge in [-0.3, -0.25) is 0 Å². The first-order valence-electron chi connectivity index (χ1n) is 4.10. The zero-order chi connectivity index (χ0) is 10.1. The Morgan fingerprint density at radius 3 is 2.86 bits per heavy atom. The summed E-state index contributed by atoms with van der Waals surface area (Å²) in [4.78, 5) is 10.4. The van der Waals surface area contributed by atoms with Crippen LogP contribution in [0.2, 0.25) is 10.0 Å². The van der Waals surface area contributed by atoms with E-state index in [1.54, 1.807) is 16.7 Å². The number of carbonyl (C=O) groups excluding carboxylic acids is 1. The van der Waals surface area contributed by atoms with E-state index in [0.717, 1.165) is 17.2 Å². The van der Waals surface area contributed by atoms with Gasteiger partial charge in [-0.2, -0.15) is 0 Å². The minimum absolute atomic E-state index is 0.320. The number of aldehydes is 1. The molecule has 0 bridgehead atoms. The van der Waals surface area contributed by atoms with Crippen molar-refractivity contribution in [2.24, 2.45) is 0 Å². The highest BCUT2D eigenvalue weighted by molar-refractivity contribution is 6.38. The predicted octanol–water partition coefficient (Wildman–Crippen LogP) is 3.15. The van der Waals surface area contributed by atoms with E-state index in [2.05, 4.69) is 0 Å². The van der Waals surface area contributed by atoms with Crippen LogP contribution in [0.5, 0.6) is 0 Å². The summed E-state index contributed by atoms with van der Waals surface area (Å²) in [5, 5.41) is 2.10. The van der Waals surface area contributed by atoms with Gasteiger partial charge in [0.2, 0.25) is 0 Å². The highest BCUT2D eigenvalue weighted by atomic mass is 35.5. The standard InChI is InChI=1S/C10H7Cl2NO/c11-7-5-9(12)8-1-2-13(3-4-14)10(8)6-7/h1-2,4-6H,3H2. The van der Waals surface area contributed by atoms with E-state index < -0.39 is 0 Å². The second-order valence-corrected chi connectivity index (χ2v) is 3.80. The van der Waals surface area contributed by atoms with Crippen LogP contribution < -0.4 is 0 Å². The van der Waals surface area contributed by atoms with Crippen LogP contribution in [0.4, 0.5) is 0 Å². The Morgan fingerprint density at radius 2 is 2.14 bits per heavy atom. The Bertz CT molecular complexity index is 490. The lowest BCUT2D eigenvalue weighted by molar-refractivity contribution is -0.108. The summed E-state index contributed by atoms with van der Waals surface area (Å²) in [6, 6.07) is 5.36. The fourth-order valence-electron chi connectivity index (χ4n) is 1.46. The molecule has 0 unspecified atom stereocenters. The molecule has 2 aromatic rings. The highest BCUT2D eigenvalue weighted by Crippen LogP contribution is 2.28. The predicted molar refractivity (Wildman–Crippen MR) is 58.0 cm³/mol. The fraction of sp³-hybridized carbons (Fsp3) is 0.100. The quantitative estimate of drug-likeness (QED) is 0.723. The molecule has 0 atom stereocenters. The number of halogens is 2.